The van der Waals surface area contributed by atoms with Crippen molar-refractivity contribution in [2.75, 3.05) is 0 Å². The summed E-state index contributed by atoms with van der Waals surface area (Å²) in [4.78, 5) is 22.3. The lowest BCUT2D eigenvalue weighted by atomic mass is 9.90. The van der Waals surface area contributed by atoms with Crippen molar-refractivity contribution < 1.29 is 19.4 Å². The van der Waals surface area contributed by atoms with Crippen molar-refractivity contribution in [3.8, 4) is 0 Å². The quantitative estimate of drug-likeness (QED) is 0.0875. The van der Waals surface area contributed by atoms with Crippen LogP contribution in [0.2, 0.25) is 0 Å². The van der Waals surface area contributed by atoms with Crippen molar-refractivity contribution in [3.05, 3.63) is 0 Å². The van der Waals surface area contributed by atoms with Crippen LogP contribution in [0.5, 0.6) is 0 Å². The van der Waals surface area contributed by atoms with Crippen LogP contribution >= 0.6 is 0 Å². The third-order valence-electron chi connectivity index (χ3n) is 7.34. The van der Waals surface area contributed by atoms with E-state index >= 15 is 0 Å². The van der Waals surface area contributed by atoms with Gasteiger partial charge in [0.1, 0.15) is 0 Å². The van der Waals surface area contributed by atoms with E-state index in [-0.39, 0.29) is 23.9 Å². The molecule has 0 fully saturated rings. The van der Waals surface area contributed by atoms with Gasteiger partial charge in [0.25, 0.3) is 0 Å². The summed E-state index contributed by atoms with van der Waals surface area (Å²) >= 11 is 0. The third kappa shape index (κ3) is 31.2. The summed E-state index contributed by atoms with van der Waals surface area (Å²) in [5.41, 5.74) is 0. The molecule has 228 valence electrons. The number of esters is 1. The Balaban J connectivity index is 0. The molecule has 1 atom stereocenters. The van der Waals surface area contributed by atoms with Gasteiger partial charge in [-0.1, -0.05) is 156 Å². The lowest BCUT2D eigenvalue weighted by Gasteiger charge is -2.15. The zero-order valence-corrected chi connectivity index (χ0v) is 26.7. The van der Waals surface area contributed by atoms with Crippen molar-refractivity contribution in [1.29, 1.82) is 0 Å². The van der Waals surface area contributed by atoms with Crippen LogP contribution in [-0.4, -0.2) is 23.1 Å². The second-order valence-corrected chi connectivity index (χ2v) is 12.0. The van der Waals surface area contributed by atoms with Crippen LogP contribution in [0.15, 0.2) is 0 Å². The zero-order chi connectivity index (χ0) is 28.9. The number of carboxylic acids is 1. The Bertz CT molecular complexity index is 499. The fourth-order valence-electron chi connectivity index (χ4n) is 4.85. The highest BCUT2D eigenvalue weighted by atomic mass is 16.5. The molecule has 0 aliphatic rings. The van der Waals surface area contributed by atoms with Crippen LogP contribution in [0, 0.1) is 11.8 Å². The molecule has 0 aromatic carbocycles. The Morgan fingerprint density at radius 2 is 0.895 bits per heavy atom. The van der Waals surface area contributed by atoms with Gasteiger partial charge >= 0.3 is 11.9 Å². The minimum Gasteiger partial charge on any atom is -0.481 e. The van der Waals surface area contributed by atoms with Crippen LogP contribution in [0.4, 0.5) is 0 Å². The SMILES string of the molecule is CCCCCCCCCCCCC(C(=O)O)C(C)C.CCCCCCCCCCCCCC(=O)OC(C)C. The van der Waals surface area contributed by atoms with Crippen molar-refractivity contribution in [2.24, 2.45) is 11.8 Å². The minimum absolute atomic E-state index is 0.0280. The molecule has 0 spiro atoms. The Morgan fingerprint density at radius 3 is 1.21 bits per heavy atom. The standard InChI is InChI=1S/2C17H34O2/c1-4-5-6-7-8-9-10-11-12-13-14-15-17(18)19-16(2)3;1-4-5-6-7-8-9-10-11-12-13-14-16(15(2)3)17(18)19/h16H,4-15H2,1-3H3;15-16H,4-14H2,1-3H3,(H,18,19). The number of hydrogen-bond acceptors (Lipinski definition) is 3. The molecular formula is C34H68O4. The number of ether oxygens (including phenoxy) is 1. The molecule has 0 aliphatic carbocycles. The highest BCUT2D eigenvalue weighted by Crippen LogP contribution is 2.20. The Morgan fingerprint density at radius 1 is 0.553 bits per heavy atom. The molecule has 4 heteroatoms. The number of carboxylic acid groups (broad SMARTS) is 1. The molecule has 0 radical (unpaired) electrons. The topological polar surface area (TPSA) is 63.6 Å². The second-order valence-electron chi connectivity index (χ2n) is 12.0. The van der Waals surface area contributed by atoms with Crippen molar-refractivity contribution in [2.45, 2.75) is 195 Å². The van der Waals surface area contributed by atoms with E-state index in [0.29, 0.717) is 6.42 Å². The smallest absolute Gasteiger partial charge is 0.306 e. The molecule has 1 unspecified atom stereocenters. The molecule has 4 nitrogen and oxygen atoms in total. The van der Waals surface area contributed by atoms with Gasteiger partial charge in [-0.05, 0) is 32.6 Å². The van der Waals surface area contributed by atoms with E-state index in [1.807, 2.05) is 27.7 Å². The largest absolute Gasteiger partial charge is 0.481 e. The molecule has 0 heterocycles. The third-order valence-corrected chi connectivity index (χ3v) is 7.34. The number of rotatable bonds is 26. The number of unbranched alkanes of at least 4 members (excludes halogenated alkanes) is 19. The molecule has 0 bridgehead atoms. The summed E-state index contributed by atoms with van der Waals surface area (Å²) in [6, 6.07) is 0. The van der Waals surface area contributed by atoms with E-state index in [4.69, 9.17) is 9.84 Å². The maximum absolute atomic E-state index is 11.3. The first-order valence-corrected chi connectivity index (χ1v) is 16.7. The van der Waals surface area contributed by atoms with Crippen molar-refractivity contribution in [3.63, 3.8) is 0 Å². The Labute approximate surface area is 238 Å². The summed E-state index contributed by atoms with van der Waals surface area (Å²) in [7, 11) is 0. The van der Waals surface area contributed by atoms with Crippen LogP contribution in [0.25, 0.3) is 0 Å². The molecule has 0 aromatic heterocycles. The van der Waals surface area contributed by atoms with Gasteiger partial charge in [-0.15, -0.1) is 0 Å². The van der Waals surface area contributed by atoms with Gasteiger partial charge in [-0.25, -0.2) is 0 Å². The fraction of sp³-hybridized carbons (Fsp3) is 0.941. The highest BCUT2D eigenvalue weighted by molar-refractivity contribution is 5.70. The Kier molecular flexibility index (Phi) is 31.4. The van der Waals surface area contributed by atoms with Crippen LogP contribution < -0.4 is 0 Å². The van der Waals surface area contributed by atoms with Crippen molar-refractivity contribution >= 4 is 11.9 Å². The van der Waals surface area contributed by atoms with Crippen LogP contribution in [0.3, 0.4) is 0 Å². The van der Waals surface area contributed by atoms with E-state index in [1.165, 1.54) is 122 Å². The first-order chi connectivity index (χ1) is 18.3. The highest BCUT2D eigenvalue weighted by Gasteiger charge is 2.20. The molecule has 38 heavy (non-hydrogen) atoms. The normalized spacial score (nSPS) is 11.9. The molecule has 1 N–H and O–H groups in total. The van der Waals surface area contributed by atoms with Gasteiger partial charge in [-0.3, -0.25) is 9.59 Å². The maximum atomic E-state index is 11.3. The summed E-state index contributed by atoms with van der Waals surface area (Å²) in [6.45, 7) is 12.3. The van der Waals surface area contributed by atoms with E-state index in [0.717, 1.165) is 19.3 Å². The number of carbonyl (C=O) groups is 2. The number of hydrogen-bond donors (Lipinski definition) is 1. The van der Waals surface area contributed by atoms with Gasteiger partial charge in [0, 0.05) is 6.42 Å². The summed E-state index contributed by atoms with van der Waals surface area (Å²) < 4.78 is 5.10. The van der Waals surface area contributed by atoms with Gasteiger partial charge in [0.2, 0.25) is 0 Å². The fourth-order valence-corrected chi connectivity index (χ4v) is 4.85. The molecule has 0 aromatic rings. The maximum Gasteiger partial charge on any atom is 0.306 e. The number of aliphatic carboxylic acids is 1. The molecule has 0 saturated heterocycles. The average Bonchev–Trinajstić information content (AvgIpc) is 2.85. The van der Waals surface area contributed by atoms with E-state index in [1.54, 1.807) is 0 Å². The summed E-state index contributed by atoms with van der Waals surface area (Å²) in [5.74, 6) is -0.540. The minimum atomic E-state index is -0.620. The summed E-state index contributed by atoms with van der Waals surface area (Å²) in [5, 5.41) is 9.09. The molecule has 0 amide bonds. The van der Waals surface area contributed by atoms with Gasteiger partial charge in [-0.2, -0.15) is 0 Å². The zero-order valence-electron chi connectivity index (χ0n) is 26.7. The lowest BCUT2D eigenvalue weighted by molar-refractivity contribution is -0.147. The lowest BCUT2D eigenvalue weighted by Crippen LogP contribution is -2.19. The van der Waals surface area contributed by atoms with Crippen LogP contribution in [0.1, 0.15) is 189 Å². The van der Waals surface area contributed by atoms with Gasteiger partial charge < -0.3 is 9.84 Å². The van der Waals surface area contributed by atoms with Gasteiger partial charge in [0.05, 0.1) is 12.0 Å². The Hall–Kier alpha value is -1.06. The van der Waals surface area contributed by atoms with E-state index in [2.05, 4.69) is 13.8 Å². The predicted molar refractivity (Wildman–Crippen MR) is 165 cm³/mol. The predicted octanol–water partition coefficient (Wildman–Crippen LogP) is 11.3. The number of carbonyl (C=O) groups excluding carboxylic acids is 1. The first-order valence-electron chi connectivity index (χ1n) is 16.7. The van der Waals surface area contributed by atoms with Crippen LogP contribution in [-0.2, 0) is 14.3 Å². The first kappa shape index (κ1) is 39.1. The van der Waals surface area contributed by atoms with Crippen molar-refractivity contribution in [1.82, 2.24) is 0 Å². The molecule has 0 rings (SSSR count). The van der Waals surface area contributed by atoms with E-state index < -0.39 is 5.97 Å². The average molecular weight is 541 g/mol. The molecule has 0 aliphatic heterocycles. The van der Waals surface area contributed by atoms with E-state index in [9.17, 15) is 9.59 Å². The molecular weight excluding hydrogens is 472 g/mol. The monoisotopic (exact) mass is 541 g/mol. The van der Waals surface area contributed by atoms with Gasteiger partial charge in [0.15, 0.2) is 0 Å². The molecule has 0 saturated carbocycles. The second kappa shape index (κ2) is 30.5. The summed E-state index contributed by atoms with van der Waals surface area (Å²) in [6.07, 6.45) is 29.0.